The number of benzene rings is 1. The van der Waals surface area contributed by atoms with E-state index < -0.39 is 11.8 Å². The molecule has 1 aromatic heterocycles. The minimum atomic E-state index is -0.468. The molecule has 0 bridgehead atoms. The van der Waals surface area contributed by atoms with Gasteiger partial charge >= 0.3 is 0 Å². The number of hydrogen-bond acceptors (Lipinski definition) is 3. The highest BCUT2D eigenvalue weighted by atomic mass is 79.9. The highest BCUT2D eigenvalue weighted by Gasteiger charge is 2.34. The molecule has 7 heteroatoms. The van der Waals surface area contributed by atoms with Gasteiger partial charge < -0.3 is 4.57 Å². The Labute approximate surface area is 171 Å². The first kappa shape index (κ1) is 18.1. The van der Waals surface area contributed by atoms with Crippen molar-refractivity contribution in [3.05, 3.63) is 58.3 Å². The third-order valence-electron chi connectivity index (χ3n) is 4.96. The maximum absolute atomic E-state index is 13.0. The van der Waals surface area contributed by atoms with Gasteiger partial charge in [-0.15, -0.1) is 0 Å². The normalized spacial score (nSPS) is 19.8. The molecule has 0 radical (unpaired) electrons. The SMILES string of the molecule is O=C1NC(=S)N(c2cccc(Br)c2)C(=O)/C1=C\c1ccn(C2CCCC2)c1. The lowest BCUT2D eigenvalue weighted by Crippen LogP contribution is -2.54. The zero-order valence-corrected chi connectivity index (χ0v) is 16.9. The first-order chi connectivity index (χ1) is 13.0. The van der Waals surface area contributed by atoms with Crippen molar-refractivity contribution in [1.29, 1.82) is 0 Å². The molecule has 1 saturated heterocycles. The van der Waals surface area contributed by atoms with Gasteiger partial charge in [-0.25, -0.2) is 0 Å². The Morgan fingerprint density at radius 2 is 1.96 bits per heavy atom. The number of thiocarbonyl (C=S) groups is 1. The number of aromatic nitrogens is 1. The quantitative estimate of drug-likeness (QED) is 0.439. The number of rotatable bonds is 3. The molecule has 1 aliphatic carbocycles. The van der Waals surface area contributed by atoms with E-state index >= 15 is 0 Å². The molecule has 1 aliphatic heterocycles. The van der Waals surface area contributed by atoms with E-state index in [1.807, 2.05) is 30.6 Å². The number of carbonyl (C=O) groups excluding carboxylic acids is 2. The van der Waals surface area contributed by atoms with Gasteiger partial charge in [0.25, 0.3) is 11.8 Å². The lowest BCUT2D eigenvalue weighted by atomic mass is 10.1. The molecule has 0 unspecified atom stereocenters. The first-order valence-corrected chi connectivity index (χ1v) is 10.1. The van der Waals surface area contributed by atoms with E-state index in [1.54, 1.807) is 18.2 Å². The zero-order chi connectivity index (χ0) is 19.0. The van der Waals surface area contributed by atoms with Gasteiger partial charge in [-0.2, -0.15) is 0 Å². The summed E-state index contributed by atoms with van der Waals surface area (Å²) in [5, 5.41) is 2.70. The number of nitrogens with zero attached hydrogens (tertiary/aromatic N) is 2. The zero-order valence-electron chi connectivity index (χ0n) is 14.5. The van der Waals surface area contributed by atoms with Crippen LogP contribution in [0.2, 0.25) is 0 Å². The predicted octanol–water partition coefficient (Wildman–Crippen LogP) is 4.20. The minimum absolute atomic E-state index is 0.0766. The smallest absolute Gasteiger partial charge is 0.270 e. The Morgan fingerprint density at radius 3 is 2.70 bits per heavy atom. The van der Waals surface area contributed by atoms with Crippen LogP contribution in [0.25, 0.3) is 6.08 Å². The predicted molar refractivity (Wildman–Crippen MR) is 112 cm³/mol. The van der Waals surface area contributed by atoms with E-state index in [4.69, 9.17) is 12.2 Å². The Hall–Kier alpha value is -2.25. The van der Waals surface area contributed by atoms with Gasteiger partial charge in [0.15, 0.2) is 5.11 Å². The molecule has 0 atom stereocenters. The van der Waals surface area contributed by atoms with Crippen LogP contribution in [0.3, 0.4) is 0 Å². The summed E-state index contributed by atoms with van der Waals surface area (Å²) in [5.74, 6) is -0.889. The fraction of sp³-hybridized carbons (Fsp3) is 0.250. The third kappa shape index (κ3) is 3.61. The van der Waals surface area contributed by atoms with Crippen LogP contribution < -0.4 is 10.2 Å². The van der Waals surface area contributed by atoms with Crippen molar-refractivity contribution in [2.75, 3.05) is 4.90 Å². The van der Waals surface area contributed by atoms with Crippen molar-refractivity contribution in [2.24, 2.45) is 0 Å². The second-order valence-corrected chi connectivity index (χ2v) is 8.07. The van der Waals surface area contributed by atoms with Crippen LogP contribution in [0.15, 0.2) is 52.8 Å². The van der Waals surface area contributed by atoms with Crippen LogP contribution in [0.4, 0.5) is 5.69 Å². The van der Waals surface area contributed by atoms with E-state index in [-0.39, 0.29) is 10.7 Å². The van der Waals surface area contributed by atoms with Crippen molar-refractivity contribution in [1.82, 2.24) is 9.88 Å². The molecule has 1 aromatic carbocycles. The summed E-state index contributed by atoms with van der Waals surface area (Å²) in [5.41, 5.74) is 1.52. The topological polar surface area (TPSA) is 54.3 Å². The van der Waals surface area contributed by atoms with Gasteiger partial charge in [-0.1, -0.05) is 34.8 Å². The van der Waals surface area contributed by atoms with Crippen LogP contribution in [-0.4, -0.2) is 21.5 Å². The lowest BCUT2D eigenvalue weighted by Gasteiger charge is -2.29. The molecule has 2 fully saturated rings. The van der Waals surface area contributed by atoms with E-state index in [2.05, 4.69) is 25.8 Å². The molecule has 5 nitrogen and oxygen atoms in total. The number of nitrogens with one attached hydrogen (secondary N) is 1. The summed E-state index contributed by atoms with van der Waals surface area (Å²) in [6, 6.07) is 9.69. The molecule has 2 aliphatic rings. The Bertz CT molecular complexity index is 960. The van der Waals surface area contributed by atoms with Crippen molar-refractivity contribution in [3.8, 4) is 0 Å². The van der Waals surface area contributed by atoms with Crippen LogP contribution in [0, 0.1) is 0 Å². The van der Waals surface area contributed by atoms with Crippen molar-refractivity contribution in [2.45, 2.75) is 31.7 Å². The van der Waals surface area contributed by atoms with Crippen LogP contribution in [0.1, 0.15) is 37.3 Å². The molecular formula is C20H18BrN3O2S. The van der Waals surface area contributed by atoms with Crippen LogP contribution in [-0.2, 0) is 9.59 Å². The Morgan fingerprint density at radius 1 is 1.19 bits per heavy atom. The molecule has 138 valence electrons. The fourth-order valence-electron chi connectivity index (χ4n) is 3.62. The maximum atomic E-state index is 13.0. The second kappa shape index (κ2) is 7.40. The van der Waals surface area contributed by atoms with Crippen molar-refractivity contribution < 1.29 is 9.59 Å². The maximum Gasteiger partial charge on any atom is 0.270 e. The molecule has 0 spiro atoms. The summed E-state index contributed by atoms with van der Waals surface area (Å²) < 4.78 is 3.01. The van der Waals surface area contributed by atoms with Gasteiger partial charge in [-0.3, -0.25) is 19.8 Å². The Balaban J connectivity index is 1.65. The summed E-state index contributed by atoms with van der Waals surface area (Å²) in [7, 11) is 0. The molecule has 27 heavy (non-hydrogen) atoms. The number of amides is 2. The van der Waals surface area contributed by atoms with Crippen molar-refractivity contribution >= 4 is 56.8 Å². The summed E-state index contributed by atoms with van der Waals surface area (Å²) >= 11 is 8.63. The monoisotopic (exact) mass is 443 g/mol. The number of hydrogen-bond donors (Lipinski definition) is 1. The summed E-state index contributed by atoms with van der Waals surface area (Å²) in [6.45, 7) is 0. The average Bonchev–Trinajstić information content (AvgIpc) is 3.30. The molecule has 4 rings (SSSR count). The molecule has 1 N–H and O–H groups in total. The number of halogens is 1. The largest absolute Gasteiger partial charge is 0.351 e. The number of anilines is 1. The van der Waals surface area contributed by atoms with E-state index in [9.17, 15) is 9.59 Å². The van der Waals surface area contributed by atoms with Gasteiger partial charge in [0.1, 0.15) is 5.57 Å². The van der Waals surface area contributed by atoms with Gasteiger partial charge in [0, 0.05) is 22.9 Å². The van der Waals surface area contributed by atoms with Gasteiger partial charge in [0.05, 0.1) is 5.69 Å². The van der Waals surface area contributed by atoms with Crippen LogP contribution in [0.5, 0.6) is 0 Å². The Kier molecular flexibility index (Phi) is 4.97. The van der Waals surface area contributed by atoms with E-state index in [0.717, 1.165) is 10.0 Å². The van der Waals surface area contributed by atoms with E-state index in [1.165, 1.54) is 30.6 Å². The molecule has 2 amide bonds. The van der Waals surface area contributed by atoms with Crippen LogP contribution >= 0.6 is 28.1 Å². The third-order valence-corrected chi connectivity index (χ3v) is 5.74. The van der Waals surface area contributed by atoms with Gasteiger partial charge in [0.2, 0.25) is 0 Å². The average molecular weight is 444 g/mol. The lowest BCUT2D eigenvalue weighted by molar-refractivity contribution is -0.122. The summed E-state index contributed by atoms with van der Waals surface area (Å²) in [4.78, 5) is 26.8. The highest BCUT2D eigenvalue weighted by molar-refractivity contribution is 9.10. The van der Waals surface area contributed by atoms with Gasteiger partial charge in [-0.05, 0) is 61.0 Å². The van der Waals surface area contributed by atoms with E-state index in [0.29, 0.717) is 11.7 Å². The summed E-state index contributed by atoms with van der Waals surface area (Å²) in [6.07, 6.45) is 10.5. The molecular weight excluding hydrogens is 426 g/mol. The standard InChI is InChI=1S/C20H18BrN3O2S/c21-14-4-3-7-16(11-14)24-19(26)17(18(25)22-20(24)27)10-13-8-9-23(12-13)15-5-1-2-6-15/h3-4,7-12,15H,1-2,5-6H2,(H,22,25,27)/b17-10-. The highest BCUT2D eigenvalue weighted by Crippen LogP contribution is 2.30. The molecule has 1 saturated carbocycles. The number of carbonyl (C=O) groups is 2. The first-order valence-electron chi connectivity index (χ1n) is 8.87. The molecule has 2 aromatic rings. The fourth-order valence-corrected chi connectivity index (χ4v) is 4.29. The minimum Gasteiger partial charge on any atom is -0.351 e. The molecule has 2 heterocycles. The second-order valence-electron chi connectivity index (χ2n) is 6.77. The van der Waals surface area contributed by atoms with Crippen molar-refractivity contribution in [3.63, 3.8) is 0 Å².